The van der Waals surface area contributed by atoms with E-state index in [4.69, 9.17) is 0 Å². The maximum absolute atomic E-state index is 12.2. The summed E-state index contributed by atoms with van der Waals surface area (Å²) < 4.78 is 27.4. The minimum atomic E-state index is -3.50. The van der Waals surface area contributed by atoms with Crippen molar-refractivity contribution in [1.82, 2.24) is 5.32 Å². The Kier molecular flexibility index (Phi) is 5.09. The summed E-state index contributed by atoms with van der Waals surface area (Å²) in [7, 11) is -1.67. The summed E-state index contributed by atoms with van der Waals surface area (Å²) in [6, 6.07) is 9.02. The summed E-state index contributed by atoms with van der Waals surface area (Å²) in [5.41, 5.74) is 1.54. The average Bonchev–Trinajstić information content (AvgIpc) is 2.89. The predicted octanol–water partition coefficient (Wildman–Crippen LogP) is 2.99. The van der Waals surface area contributed by atoms with Gasteiger partial charge in [0.25, 0.3) is 10.0 Å². The van der Waals surface area contributed by atoms with Gasteiger partial charge in [0.15, 0.2) is 0 Å². The summed E-state index contributed by atoms with van der Waals surface area (Å²) in [4.78, 5) is 1.10. The Balaban J connectivity index is 2.16. The Labute approximate surface area is 127 Å². The molecule has 0 unspecified atom stereocenters. The van der Waals surface area contributed by atoms with Crippen LogP contribution in [0, 0.1) is 0 Å². The summed E-state index contributed by atoms with van der Waals surface area (Å²) in [6.45, 7) is 0.661. The van der Waals surface area contributed by atoms with E-state index in [1.807, 2.05) is 30.8 Å². The third-order valence-corrected chi connectivity index (χ3v) is 6.23. The predicted molar refractivity (Wildman–Crippen MR) is 86.1 cm³/mol. The van der Waals surface area contributed by atoms with Gasteiger partial charge in [-0.05, 0) is 54.6 Å². The second-order valence-electron chi connectivity index (χ2n) is 4.14. The standard InChI is InChI=1S/C13H16N2O2S3/c1-14-8-10-7-13(19-9-10)20(16,17)15-11-3-5-12(18-2)6-4-11/h3-7,9,14-15H,8H2,1-2H3. The van der Waals surface area contributed by atoms with Crippen LogP contribution in [0.4, 0.5) is 5.69 Å². The molecule has 1 aromatic carbocycles. The number of thiophene rings is 1. The van der Waals surface area contributed by atoms with Crippen molar-refractivity contribution in [3.8, 4) is 0 Å². The first-order valence-corrected chi connectivity index (χ1v) is 9.53. The minimum absolute atomic E-state index is 0.330. The molecule has 0 bridgehead atoms. The zero-order valence-corrected chi connectivity index (χ0v) is 13.7. The molecular formula is C13H16N2O2S3. The van der Waals surface area contributed by atoms with E-state index in [0.29, 0.717) is 16.4 Å². The lowest BCUT2D eigenvalue weighted by molar-refractivity contribution is 0.603. The molecule has 4 nitrogen and oxygen atoms in total. The van der Waals surface area contributed by atoms with Gasteiger partial charge in [-0.25, -0.2) is 8.42 Å². The monoisotopic (exact) mass is 328 g/mol. The van der Waals surface area contributed by atoms with E-state index in [-0.39, 0.29) is 0 Å². The van der Waals surface area contributed by atoms with Crippen LogP contribution in [0.25, 0.3) is 0 Å². The SMILES string of the molecule is CNCc1csc(S(=O)(=O)Nc2ccc(SC)cc2)c1. The molecule has 0 aliphatic carbocycles. The van der Waals surface area contributed by atoms with Crippen molar-refractivity contribution in [2.45, 2.75) is 15.6 Å². The van der Waals surface area contributed by atoms with Gasteiger partial charge in [0, 0.05) is 17.1 Å². The third-order valence-electron chi connectivity index (χ3n) is 2.62. The maximum atomic E-state index is 12.2. The van der Waals surface area contributed by atoms with Crippen molar-refractivity contribution in [2.75, 3.05) is 18.0 Å². The van der Waals surface area contributed by atoms with Crippen LogP contribution >= 0.6 is 23.1 Å². The van der Waals surface area contributed by atoms with Gasteiger partial charge in [0.2, 0.25) is 0 Å². The summed E-state index contributed by atoms with van der Waals surface area (Å²) >= 11 is 2.85. The Morgan fingerprint density at radius 1 is 1.25 bits per heavy atom. The van der Waals surface area contributed by atoms with E-state index in [1.165, 1.54) is 11.3 Å². The Hall–Kier alpha value is -1.02. The second-order valence-corrected chi connectivity index (χ2v) is 7.84. The maximum Gasteiger partial charge on any atom is 0.271 e. The lowest BCUT2D eigenvalue weighted by Gasteiger charge is -2.06. The number of thioether (sulfide) groups is 1. The highest BCUT2D eigenvalue weighted by Gasteiger charge is 2.16. The van der Waals surface area contributed by atoms with Crippen LogP contribution in [0.5, 0.6) is 0 Å². The third kappa shape index (κ3) is 3.76. The molecule has 2 rings (SSSR count). The van der Waals surface area contributed by atoms with Gasteiger partial charge in [0.1, 0.15) is 4.21 Å². The number of hydrogen-bond acceptors (Lipinski definition) is 5. The quantitative estimate of drug-likeness (QED) is 0.801. The number of sulfonamides is 1. The Morgan fingerprint density at radius 3 is 2.55 bits per heavy atom. The average molecular weight is 328 g/mol. The number of anilines is 1. The van der Waals surface area contributed by atoms with Crippen LogP contribution in [0.1, 0.15) is 5.56 Å². The Bertz CT molecular complexity index is 663. The molecular weight excluding hydrogens is 312 g/mol. The number of benzene rings is 1. The van der Waals surface area contributed by atoms with Gasteiger partial charge in [-0.15, -0.1) is 23.1 Å². The summed E-state index contributed by atoms with van der Waals surface area (Å²) in [5, 5.41) is 4.85. The van der Waals surface area contributed by atoms with Gasteiger partial charge in [-0.3, -0.25) is 4.72 Å². The molecule has 20 heavy (non-hydrogen) atoms. The molecule has 0 aliphatic rings. The van der Waals surface area contributed by atoms with Crippen LogP contribution < -0.4 is 10.0 Å². The molecule has 0 saturated heterocycles. The molecule has 0 amide bonds. The van der Waals surface area contributed by atoms with Crippen LogP contribution in [0.3, 0.4) is 0 Å². The topological polar surface area (TPSA) is 58.2 Å². The molecule has 1 aromatic heterocycles. The highest BCUT2D eigenvalue weighted by molar-refractivity contribution is 7.98. The van der Waals surface area contributed by atoms with Crippen LogP contribution in [-0.4, -0.2) is 21.7 Å². The van der Waals surface area contributed by atoms with E-state index in [2.05, 4.69) is 10.0 Å². The van der Waals surface area contributed by atoms with E-state index >= 15 is 0 Å². The number of rotatable bonds is 6. The fraction of sp³-hybridized carbons (Fsp3) is 0.231. The second kappa shape index (κ2) is 6.62. The molecule has 108 valence electrons. The van der Waals surface area contributed by atoms with Gasteiger partial charge >= 0.3 is 0 Å². The summed E-state index contributed by atoms with van der Waals surface area (Å²) in [6.07, 6.45) is 1.98. The largest absolute Gasteiger partial charge is 0.316 e. The number of nitrogens with one attached hydrogen (secondary N) is 2. The zero-order chi connectivity index (χ0) is 14.6. The van der Waals surface area contributed by atoms with E-state index < -0.39 is 10.0 Å². The van der Waals surface area contributed by atoms with Crippen molar-refractivity contribution in [2.24, 2.45) is 0 Å². The van der Waals surface area contributed by atoms with Crippen LogP contribution in [0.2, 0.25) is 0 Å². The molecule has 7 heteroatoms. The van der Waals surface area contributed by atoms with Gasteiger partial charge in [-0.1, -0.05) is 0 Å². The van der Waals surface area contributed by atoms with Crippen LogP contribution in [0.15, 0.2) is 44.8 Å². The highest BCUT2D eigenvalue weighted by atomic mass is 32.2. The molecule has 2 aromatic rings. The molecule has 0 saturated carbocycles. The fourth-order valence-corrected chi connectivity index (χ4v) is 4.33. The lowest BCUT2D eigenvalue weighted by atomic mass is 10.3. The molecule has 0 radical (unpaired) electrons. The van der Waals surface area contributed by atoms with E-state index in [0.717, 1.165) is 10.5 Å². The molecule has 0 fully saturated rings. The first-order chi connectivity index (χ1) is 9.55. The first-order valence-electron chi connectivity index (χ1n) is 5.94. The first kappa shape index (κ1) is 15.4. The normalized spacial score (nSPS) is 11.5. The van der Waals surface area contributed by atoms with Crippen molar-refractivity contribution in [3.63, 3.8) is 0 Å². The molecule has 0 spiro atoms. The van der Waals surface area contributed by atoms with E-state index in [1.54, 1.807) is 30.0 Å². The van der Waals surface area contributed by atoms with Gasteiger partial charge in [0.05, 0.1) is 0 Å². The fourth-order valence-electron chi connectivity index (χ4n) is 1.66. The lowest BCUT2D eigenvalue weighted by Crippen LogP contribution is -2.11. The van der Waals surface area contributed by atoms with Crippen molar-refractivity contribution in [1.29, 1.82) is 0 Å². The minimum Gasteiger partial charge on any atom is -0.316 e. The Morgan fingerprint density at radius 2 is 1.95 bits per heavy atom. The molecule has 2 N–H and O–H groups in total. The number of hydrogen-bond donors (Lipinski definition) is 2. The smallest absolute Gasteiger partial charge is 0.271 e. The van der Waals surface area contributed by atoms with Crippen LogP contribution in [-0.2, 0) is 16.6 Å². The van der Waals surface area contributed by atoms with Gasteiger partial charge < -0.3 is 5.32 Å². The van der Waals surface area contributed by atoms with Crippen molar-refractivity contribution < 1.29 is 8.42 Å². The molecule has 1 heterocycles. The zero-order valence-electron chi connectivity index (χ0n) is 11.2. The summed E-state index contributed by atoms with van der Waals surface area (Å²) in [5.74, 6) is 0. The highest BCUT2D eigenvalue weighted by Crippen LogP contribution is 2.24. The molecule has 0 aliphatic heterocycles. The molecule has 0 atom stereocenters. The van der Waals surface area contributed by atoms with E-state index in [9.17, 15) is 8.42 Å². The van der Waals surface area contributed by atoms with Crippen molar-refractivity contribution >= 4 is 38.8 Å². The van der Waals surface area contributed by atoms with Gasteiger partial charge in [-0.2, -0.15) is 0 Å². The van der Waals surface area contributed by atoms with Crippen molar-refractivity contribution in [3.05, 3.63) is 41.3 Å².